The summed E-state index contributed by atoms with van der Waals surface area (Å²) in [4.78, 5) is 23.7. The molecule has 0 aromatic carbocycles. The van der Waals surface area contributed by atoms with Crippen molar-refractivity contribution in [3.63, 3.8) is 0 Å². The zero-order valence-electron chi connectivity index (χ0n) is 16.6. The van der Waals surface area contributed by atoms with Crippen LogP contribution in [0.4, 0.5) is 0 Å². The summed E-state index contributed by atoms with van der Waals surface area (Å²) in [5.74, 6) is 1.97. The first-order chi connectivity index (χ1) is 13.0. The van der Waals surface area contributed by atoms with Crippen molar-refractivity contribution < 1.29 is 14.1 Å². The lowest BCUT2D eigenvalue weighted by Crippen LogP contribution is -2.39. The summed E-state index contributed by atoms with van der Waals surface area (Å²) in [7, 11) is 1.68. The van der Waals surface area contributed by atoms with Crippen molar-refractivity contribution in [2.45, 2.75) is 59.0 Å². The molecule has 1 saturated heterocycles. The van der Waals surface area contributed by atoms with Crippen LogP contribution in [0.5, 0.6) is 0 Å². The van der Waals surface area contributed by atoms with E-state index in [1.54, 1.807) is 7.11 Å². The van der Waals surface area contributed by atoms with Gasteiger partial charge in [-0.1, -0.05) is 5.16 Å². The van der Waals surface area contributed by atoms with Crippen molar-refractivity contribution in [1.82, 2.24) is 20.0 Å². The van der Waals surface area contributed by atoms with Crippen LogP contribution in [0.15, 0.2) is 10.7 Å². The zero-order chi connectivity index (χ0) is 19.4. The SMILES string of the molecule is COCc1cnc(C)nc1C1CCCN(C(=O)CCc2c(C)noc2C)C1. The Morgan fingerprint density at radius 3 is 2.89 bits per heavy atom. The first-order valence-electron chi connectivity index (χ1n) is 9.50. The molecule has 0 radical (unpaired) electrons. The highest BCUT2D eigenvalue weighted by atomic mass is 16.5. The second-order valence-electron chi connectivity index (χ2n) is 7.24. The number of aromatic nitrogens is 3. The van der Waals surface area contributed by atoms with Gasteiger partial charge in [-0.25, -0.2) is 9.97 Å². The van der Waals surface area contributed by atoms with Crippen molar-refractivity contribution in [3.8, 4) is 0 Å². The molecule has 7 nitrogen and oxygen atoms in total. The van der Waals surface area contributed by atoms with E-state index < -0.39 is 0 Å². The van der Waals surface area contributed by atoms with Gasteiger partial charge in [-0.15, -0.1) is 0 Å². The lowest BCUT2D eigenvalue weighted by molar-refractivity contribution is -0.132. The number of amides is 1. The van der Waals surface area contributed by atoms with Crippen LogP contribution in [0, 0.1) is 20.8 Å². The van der Waals surface area contributed by atoms with E-state index in [0.29, 0.717) is 26.0 Å². The van der Waals surface area contributed by atoms with E-state index in [4.69, 9.17) is 9.26 Å². The Bertz CT molecular complexity index is 783. The van der Waals surface area contributed by atoms with Crippen molar-refractivity contribution in [1.29, 1.82) is 0 Å². The Balaban J connectivity index is 1.67. The molecular weight excluding hydrogens is 344 g/mol. The molecule has 1 aliphatic heterocycles. The van der Waals surface area contributed by atoms with Gasteiger partial charge in [0.05, 0.1) is 18.0 Å². The maximum Gasteiger partial charge on any atom is 0.222 e. The van der Waals surface area contributed by atoms with Crippen molar-refractivity contribution in [2.24, 2.45) is 0 Å². The number of hydrogen-bond donors (Lipinski definition) is 0. The summed E-state index contributed by atoms with van der Waals surface area (Å²) in [6.45, 7) is 7.71. The quantitative estimate of drug-likeness (QED) is 0.775. The summed E-state index contributed by atoms with van der Waals surface area (Å²) >= 11 is 0. The first kappa shape index (κ1) is 19.5. The van der Waals surface area contributed by atoms with Crippen LogP contribution in [0.3, 0.4) is 0 Å². The monoisotopic (exact) mass is 372 g/mol. The fourth-order valence-corrected chi connectivity index (χ4v) is 3.81. The number of carbonyl (C=O) groups is 1. The number of piperidine rings is 1. The number of ether oxygens (including phenoxy) is 1. The van der Waals surface area contributed by atoms with Gasteiger partial charge in [0.25, 0.3) is 0 Å². The second kappa shape index (κ2) is 8.61. The molecule has 2 aromatic rings. The number of aryl methyl sites for hydroxylation is 3. The number of nitrogens with zero attached hydrogens (tertiary/aromatic N) is 4. The molecule has 2 aromatic heterocycles. The Kier molecular flexibility index (Phi) is 6.21. The minimum atomic E-state index is 0.179. The van der Waals surface area contributed by atoms with Gasteiger partial charge >= 0.3 is 0 Å². The van der Waals surface area contributed by atoms with E-state index in [9.17, 15) is 4.79 Å². The van der Waals surface area contributed by atoms with Gasteiger partial charge in [0.1, 0.15) is 11.6 Å². The average Bonchev–Trinajstić information content (AvgIpc) is 2.99. The zero-order valence-corrected chi connectivity index (χ0v) is 16.6. The van der Waals surface area contributed by atoms with Crippen LogP contribution in [0.25, 0.3) is 0 Å². The summed E-state index contributed by atoms with van der Waals surface area (Å²) in [5.41, 5.74) is 3.95. The fourth-order valence-electron chi connectivity index (χ4n) is 3.81. The highest BCUT2D eigenvalue weighted by Crippen LogP contribution is 2.29. The highest BCUT2D eigenvalue weighted by Gasteiger charge is 2.27. The normalized spacial score (nSPS) is 17.3. The lowest BCUT2D eigenvalue weighted by Gasteiger charge is -2.33. The van der Waals surface area contributed by atoms with Gasteiger partial charge in [-0.05, 0) is 40.0 Å². The highest BCUT2D eigenvalue weighted by molar-refractivity contribution is 5.76. The number of rotatable bonds is 6. The predicted molar refractivity (Wildman–Crippen MR) is 100 cm³/mol. The van der Waals surface area contributed by atoms with E-state index in [1.807, 2.05) is 31.9 Å². The van der Waals surface area contributed by atoms with E-state index >= 15 is 0 Å². The second-order valence-corrected chi connectivity index (χ2v) is 7.24. The number of hydrogen-bond acceptors (Lipinski definition) is 6. The lowest BCUT2D eigenvalue weighted by atomic mass is 9.91. The molecule has 1 fully saturated rings. The third kappa shape index (κ3) is 4.53. The minimum Gasteiger partial charge on any atom is -0.380 e. The Morgan fingerprint density at radius 2 is 2.19 bits per heavy atom. The molecule has 1 amide bonds. The van der Waals surface area contributed by atoms with Gasteiger partial charge in [-0.3, -0.25) is 4.79 Å². The van der Waals surface area contributed by atoms with Crippen LogP contribution in [0.1, 0.15) is 59.3 Å². The minimum absolute atomic E-state index is 0.179. The molecule has 0 N–H and O–H groups in total. The molecule has 3 rings (SSSR count). The maximum absolute atomic E-state index is 12.8. The average molecular weight is 372 g/mol. The van der Waals surface area contributed by atoms with Gasteiger partial charge in [0.15, 0.2) is 0 Å². The van der Waals surface area contributed by atoms with Crippen LogP contribution < -0.4 is 0 Å². The van der Waals surface area contributed by atoms with Crippen LogP contribution in [-0.2, 0) is 22.6 Å². The standard InChI is InChI=1S/C20H28N4O3/c1-13-18(14(2)27-23-13)7-8-19(25)24-9-5-6-16(11-24)20-17(12-26-4)10-21-15(3)22-20/h10,16H,5-9,11-12H2,1-4H3. The van der Waals surface area contributed by atoms with Crippen molar-refractivity contribution in [2.75, 3.05) is 20.2 Å². The van der Waals surface area contributed by atoms with Crippen LogP contribution >= 0.6 is 0 Å². The largest absolute Gasteiger partial charge is 0.380 e. The smallest absolute Gasteiger partial charge is 0.222 e. The molecule has 0 spiro atoms. The molecule has 0 aliphatic carbocycles. The molecule has 0 saturated carbocycles. The molecule has 1 atom stereocenters. The van der Waals surface area contributed by atoms with Gasteiger partial charge in [0, 0.05) is 49.9 Å². The predicted octanol–water partition coefficient (Wildman–Crippen LogP) is 2.88. The van der Waals surface area contributed by atoms with Crippen molar-refractivity contribution >= 4 is 5.91 Å². The Hall–Kier alpha value is -2.28. The number of carbonyl (C=O) groups excluding carboxylic acids is 1. The molecule has 3 heterocycles. The molecule has 1 unspecified atom stereocenters. The van der Waals surface area contributed by atoms with E-state index in [2.05, 4.69) is 15.1 Å². The summed E-state index contributed by atoms with van der Waals surface area (Å²) in [5, 5.41) is 3.97. The van der Waals surface area contributed by atoms with Crippen LogP contribution in [-0.4, -0.2) is 46.1 Å². The molecule has 146 valence electrons. The van der Waals surface area contributed by atoms with Gasteiger partial charge in [-0.2, -0.15) is 0 Å². The summed E-state index contributed by atoms with van der Waals surface area (Å²) in [6.07, 6.45) is 5.00. The third-order valence-corrected chi connectivity index (χ3v) is 5.25. The topological polar surface area (TPSA) is 81.4 Å². The number of methoxy groups -OCH3 is 1. The van der Waals surface area contributed by atoms with Gasteiger partial charge < -0.3 is 14.2 Å². The molecular formula is C20H28N4O3. The van der Waals surface area contributed by atoms with Gasteiger partial charge in [0.2, 0.25) is 5.91 Å². The maximum atomic E-state index is 12.8. The van der Waals surface area contributed by atoms with E-state index in [1.165, 1.54) is 0 Å². The van der Waals surface area contributed by atoms with E-state index in [-0.39, 0.29) is 11.8 Å². The Morgan fingerprint density at radius 1 is 1.37 bits per heavy atom. The Labute approximate surface area is 160 Å². The van der Waals surface area contributed by atoms with Crippen molar-refractivity contribution in [3.05, 3.63) is 40.3 Å². The van der Waals surface area contributed by atoms with Crippen LogP contribution in [0.2, 0.25) is 0 Å². The first-order valence-corrected chi connectivity index (χ1v) is 9.50. The third-order valence-electron chi connectivity index (χ3n) is 5.25. The van der Waals surface area contributed by atoms with E-state index in [0.717, 1.165) is 53.5 Å². The molecule has 1 aliphatic rings. The summed E-state index contributed by atoms with van der Waals surface area (Å²) in [6, 6.07) is 0. The molecule has 27 heavy (non-hydrogen) atoms. The molecule has 0 bridgehead atoms. The number of likely N-dealkylation sites (tertiary alicyclic amines) is 1. The molecule has 7 heteroatoms. The fraction of sp³-hybridized carbons (Fsp3) is 0.600. The summed E-state index contributed by atoms with van der Waals surface area (Å²) < 4.78 is 10.5.